The minimum atomic E-state index is -0.458. The molecule has 2 amide bonds. The van der Waals surface area contributed by atoms with Crippen molar-refractivity contribution in [2.24, 2.45) is 17.3 Å². The minimum absolute atomic E-state index is 0.178. The van der Waals surface area contributed by atoms with Gasteiger partial charge in [0.2, 0.25) is 11.8 Å². The molecule has 2 aliphatic rings. The fourth-order valence-corrected chi connectivity index (χ4v) is 4.93. The summed E-state index contributed by atoms with van der Waals surface area (Å²) in [4.78, 5) is 29.8. The van der Waals surface area contributed by atoms with E-state index in [1.807, 2.05) is 25.1 Å². The van der Waals surface area contributed by atoms with Gasteiger partial charge in [-0.05, 0) is 48.3 Å². The van der Waals surface area contributed by atoms with Crippen LogP contribution in [0.1, 0.15) is 31.7 Å². The van der Waals surface area contributed by atoms with Crippen LogP contribution in [0, 0.1) is 17.3 Å². The Kier molecular flexibility index (Phi) is 5.68. The fraction of sp³-hybridized carbons (Fsp3) is 0.462. The summed E-state index contributed by atoms with van der Waals surface area (Å²) >= 11 is 0. The number of likely N-dealkylation sites (tertiary alicyclic amines) is 1. The average Bonchev–Trinajstić information content (AvgIpc) is 3.50. The predicted molar refractivity (Wildman–Crippen MR) is 120 cm³/mol. The zero-order chi connectivity index (χ0) is 21.3. The topological polar surface area (TPSA) is 40.6 Å². The van der Waals surface area contributed by atoms with Gasteiger partial charge in [-0.15, -0.1) is 0 Å². The first-order chi connectivity index (χ1) is 14.4. The third kappa shape index (κ3) is 4.00. The van der Waals surface area contributed by atoms with Crippen molar-refractivity contribution in [3.63, 3.8) is 0 Å². The molecule has 4 nitrogen and oxygen atoms in total. The van der Waals surface area contributed by atoms with Crippen LogP contribution in [0.25, 0.3) is 11.1 Å². The van der Waals surface area contributed by atoms with Crippen LogP contribution in [0.2, 0.25) is 0 Å². The van der Waals surface area contributed by atoms with Crippen molar-refractivity contribution in [2.75, 3.05) is 27.2 Å². The largest absolute Gasteiger partial charge is 0.348 e. The molecule has 0 unspecified atom stereocenters. The predicted octanol–water partition coefficient (Wildman–Crippen LogP) is 4.25. The van der Waals surface area contributed by atoms with Crippen molar-refractivity contribution in [3.8, 4) is 11.1 Å². The molecular formula is C26H32N2O2. The molecule has 2 aromatic carbocycles. The molecule has 2 aromatic rings. The smallest absolute Gasteiger partial charge is 0.228 e. The van der Waals surface area contributed by atoms with Crippen LogP contribution in [0.4, 0.5) is 0 Å². The van der Waals surface area contributed by atoms with E-state index in [1.54, 1.807) is 4.90 Å². The van der Waals surface area contributed by atoms with E-state index in [2.05, 4.69) is 55.5 Å². The van der Waals surface area contributed by atoms with Gasteiger partial charge in [-0.2, -0.15) is 0 Å². The summed E-state index contributed by atoms with van der Waals surface area (Å²) < 4.78 is 0. The zero-order valence-corrected chi connectivity index (χ0v) is 18.3. The maximum Gasteiger partial charge on any atom is 0.228 e. The van der Waals surface area contributed by atoms with E-state index in [0.717, 1.165) is 19.3 Å². The molecule has 1 saturated heterocycles. The third-order valence-corrected chi connectivity index (χ3v) is 6.95. The van der Waals surface area contributed by atoms with Crippen molar-refractivity contribution in [1.29, 1.82) is 0 Å². The highest BCUT2D eigenvalue weighted by Crippen LogP contribution is 2.43. The van der Waals surface area contributed by atoms with Crippen molar-refractivity contribution in [1.82, 2.24) is 9.80 Å². The van der Waals surface area contributed by atoms with E-state index >= 15 is 0 Å². The number of nitrogens with zero attached hydrogens (tertiary/aromatic N) is 2. The summed E-state index contributed by atoms with van der Waals surface area (Å²) in [6.07, 6.45) is 3.17. The van der Waals surface area contributed by atoms with Gasteiger partial charge >= 0.3 is 0 Å². The monoisotopic (exact) mass is 404 g/mol. The number of hydrogen-bond acceptors (Lipinski definition) is 2. The molecule has 30 heavy (non-hydrogen) atoms. The molecule has 2 fully saturated rings. The summed E-state index contributed by atoms with van der Waals surface area (Å²) in [6.45, 7) is 3.50. The Morgan fingerprint density at radius 3 is 2.20 bits per heavy atom. The molecule has 0 N–H and O–H groups in total. The minimum Gasteiger partial charge on any atom is -0.348 e. The van der Waals surface area contributed by atoms with Crippen molar-refractivity contribution in [3.05, 3.63) is 60.2 Å². The molecule has 1 aliphatic carbocycles. The van der Waals surface area contributed by atoms with Gasteiger partial charge in [0.1, 0.15) is 0 Å². The molecule has 0 bridgehead atoms. The summed E-state index contributed by atoms with van der Waals surface area (Å²) in [5, 5.41) is 0. The first kappa shape index (κ1) is 20.6. The lowest BCUT2D eigenvalue weighted by molar-refractivity contribution is -0.146. The van der Waals surface area contributed by atoms with Gasteiger partial charge in [-0.1, -0.05) is 61.5 Å². The normalized spacial score (nSPS) is 22.4. The lowest BCUT2D eigenvalue weighted by atomic mass is 9.71. The highest BCUT2D eigenvalue weighted by Gasteiger charge is 2.47. The van der Waals surface area contributed by atoms with E-state index in [1.165, 1.54) is 16.7 Å². The van der Waals surface area contributed by atoms with Gasteiger partial charge in [0.05, 0.1) is 5.41 Å². The third-order valence-electron chi connectivity index (χ3n) is 6.95. The average molecular weight is 405 g/mol. The first-order valence-electron chi connectivity index (χ1n) is 11.1. The Hall–Kier alpha value is -2.62. The molecule has 0 radical (unpaired) electrons. The number of hydrogen-bond donors (Lipinski definition) is 0. The zero-order valence-electron chi connectivity index (χ0n) is 18.3. The van der Waals surface area contributed by atoms with E-state index in [4.69, 9.17) is 0 Å². The van der Waals surface area contributed by atoms with Gasteiger partial charge in [-0.3, -0.25) is 9.59 Å². The second-order valence-electron chi connectivity index (χ2n) is 9.32. The first-order valence-corrected chi connectivity index (χ1v) is 11.1. The number of carbonyl (C=O) groups is 2. The highest BCUT2D eigenvalue weighted by molar-refractivity contribution is 5.85. The number of piperidine rings is 1. The van der Waals surface area contributed by atoms with Gasteiger partial charge in [0.25, 0.3) is 0 Å². The van der Waals surface area contributed by atoms with Crippen LogP contribution in [-0.4, -0.2) is 48.8 Å². The second kappa shape index (κ2) is 8.25. The van der Waals surface area contributed by atoms with Gasteiger partial charge in [0, 0.05) is 33.1 Å². The Balaban J connectivity index is 1.59. The standard InChI is InChI=1S/C26H32N2O2/c1-19-17-23(19)24(29)28-15-13-26(14-16-28,25(30)27(2)3)18-21-11-7-8-12-22(21)20-9-5-4-6-10-20/h4-12,19,23H,13-18H2,1-3H3/t19-,23-/m0/s1. The highest BCUT2D eigenvalue weighted by atomic mass is 16.2. The fourth-order valence-electron chi connectivity index (χ4n) is 4.93. The molecule has 4 heteroatoms. The van der Waals surface area contributed by atoms with E-state index < -0.39 is 5.41 Å². The molecule has 1 heterocycles. The molecule has 2 atom stereocenters. The van der Waals surface area contributed by atoms with Crippen LogP contribution < -0.4 is 0 Å². The van der Waals surface area contributed by atoms with Gasteiger partial charge in [-0.25, -0.2) is 0 Å². The Bertz CT molecular complexity index is 914. The number of benzene rings is 2. The Morgan fingerprint density at radius 2 is 1.60 bits per heavy atom. The lowest BCUT2D eigenvalue weighted by Gasteiger charge is -2.42. The Morgan fingerprint density at radius 1 is 1.00 bits per heavy atom. The molecular weight excluding hydrogens is 372 g/mol. The summed E-state index contributed by atoms with van der Waals surface area (Å²) in [7, 11) is 3.69. The van der Waals surface area contributed by atoms with Crippen molar-refractivity contribution < 1.29 is 9.59 Å². The SMILES string of the molecule is C[C@H]1C[C@@H]1C(=O)N1CCC(Cc2ccccc2-c2ccccc2)(C(=O)N(C)C)CC1. The number of rotatable bonds is 5. The molecule has 0 aromatic heterocycles. The molecule has 0 spiro atoms. The summed E-state index contributed by atoms with van der Waals surface area (Å²) in [5.41, 5.74) is 3.11. The summed E-state index contributed by atoms with van der Waals surface area (Å²) in [5.74, 6) is 1.20. The van der Waals surface area contributed by atoms with E-state index in [-0.39, 0.29) is 17.7 Å². The number of carbonyl (C=O) groups excluding carboxylic acids is 2. The molecule has 158 valence electrons. The quantitative estimate of drug-likeness (QED) is 0.748. The molecule has 1 saturated carbocycles. The second-order valence-corrected chi connectivity index (χ2v) is 9.32. The van der Waals surface area contributed by atoms with Gasteiger partial charge in [0.15, 0.2) is 0 Å². The van der Waals surface area contributed by atoms with Crippen LogP contribution in [0.3, 0.4) is 0 Å². The van der Waals surface area contributed by atoms with Crippen molar-refractivity contribution >= 4 is 11.8 Å². The van der Waals surface area contributed by atoms with Crippen molar-refractivity contribution in [2.45, 2.75) is 32.6 Å². The maximum absolute atomic E-state index is 13.4. The van der Waals surface area contributed by atoms with Crippen LogP contribution in [-0.2, 0) is 16.0 Å². The molecule has 1 aliphatic heterocycles. The molecule has 4 rings (SSSR count). The van der Waals surface area contributed by atoms with E-state index in [0.29, 0.717) is 25.4 Å². The number of amides is 2. The lowest BCUT2D eigenvalue weighted by Crippen LogP contribution is -2.51. The van der Waals surface area contributed by atoms with Gasteiger partial charge < -0.3 is 9.80 Å². The van der Waals surface area contributed by atoms with Crippen LogP contribution >= 0.6 is 0 Å². The maximum atomic E-state index is 13.4. The van der Waals surface area contributed by atoms with E-state index in [9.17, 15) is 9.59 Å². The van der Waals surface area contributed by atoms with Crippen LogP contribution in [0.15, 0.2) is 54.6 Å². The van der Waals surface area contributed by atoms with Crippen LogP contribution in [0.5, 0.6) is 0 Å². The summed E-state index contributed by atoms with van der Waals surface area (Å²) in [6, 6.07) is 18.8. The Labute approximate surface area is 179 Å².